The van der Waals surface area contributed by atoms with Crippen molar-refractivity contribution >= 4 is 33.3 Å². The Kier molecular flexibility index (Phi) is 3.06. The van der Waals surface area contributed by atoms with E-state index in [0.29, 0.717) is 17.0 Å². The number of fused-ring (bicyclic) bond motifs is 1. The van der Waals surface area contributed by atoms with Gasteiger partial charge in [0, 0.05) is 5.92 Å². The van der Waals surface area contributed by atoms with Crippen LogP contribution in [0.2, 0.25) is 0 Å². The standard InChI is InChI=1S/C14H13NO3S/c1-2-18-14(17)12(16)9-4-3-5-10-11(9)15-13(19-10)8-6-7-8/h3-5,8H,2,6-7H2,1H3. The van der Waals surface area contributed by atoms with Crippen LogP contribution in [0.3, 0.4) is 0 Å². The van der Waals surface area contributed by atoms with E-state index >= 15 is 0 Å². The predicted octanol–water partition coefficient (Wildman–Crippen LogP) is 2.92. The molecular weight excluding hydrogens is 262 g/mol. The molecule has 0 radical (unpaired) electrons. The maximum absolute atomic E-state index is 12.0. The Balaban J connectivity index is 2.02. The van der Waals surface area contributed by atoms with Gasteiger partial charge in [-0.2, -0.15) is 0 Å². The van der Waals surface area contributed by atoms with Crippen molar-refractivity contribution in [3.05, 3.63) is 28.8 Å². The Hall–Kier alpha value is -1.75. The normalized spacial score (nSPS) is 14.6. The van der Waals surface area contributed by atoms with E-state index in [0.717, 1.165) is 9.71 Å². The lowest BCUT2D eigenvalue weighted by molar-refractivity contribution is -0.137. The lowest BCUT2D eigenvalue weighted by atomic mass is 10.1. The molecule has 1 aliphatic carbocycles. The number of thiazole rings is 1. The summed E-state index contributed by atoms with van der Waals surface area (Å²) < 4.78 is 5.72. The summed E-state index contributed by atoms with van der Waals surface area (Å²) in [5.74, 6) is -0.876. The van der Waals surface area contributed by atoms with E-state index in [2.05, 4.69) is 4.98 Å². The number of nitrogens with zero attached hydrogens (tertiary/aromatic N) is 1. The summed E-state index contributed by atoms with van der Waals surface area (Å²) in [5, 5.41) is 1.07. The van der Waals surface area contributed by atoms with Crippen LogP contribution in [-0.4, -0.2) is 23.3 Å². The van der Waals surface area contributed by atoms with Gasteiger partial charge in [0.05, 0.1) is 27.4 Å². The maximum Gasteiger partial charge on any atom is 0.379 e. The lowest BCUT2D eigenvalue weighted by Crippen LogP contribution is -2.17. The molecule has 1 saturated carbocycles. The maximum atomic E-state index is 12.0. The van der Waals surface area contributed by atoms with Crippen LogP contribution in [0.15, 0.2) is 18.2 Å². The number of ketones is 1. The highest BCUT2D eigenvalue weighted by Gasteiger charge is 2.28. The van der Waals surface area contributed by atoms with Crippen molar-refractivity contribution in [3.63, 3.8) is 0 Å². The van der Waals surface area contributed by atoms with Crippen molar-refractivity contribution in [3.8, 4) is 0 Å². The molecule has 0 aliphatic heterocycles. The summed E-state index contributed by atoms with van der Waals surface area (Å²) in [6.45, 7) is 1.88. The first kappa shape index (κ1) is 12.3. The third-order valence-corrected chi connectivity index (χ3v) is 4.25. The molecule has 1 aromatic carbocycles. The molecule has 0 unspecified atom stereocenters. The van der Waals surface area contributed by atoms with Crippen LogP contribution in [0.5, 0.6) is 0 Å². The molecule has 5 heteroatoms. The topological polar surface area (TPSA) is 56.3 Å². The molecule has 1 aliphatic rings. The molecule has 4 nitrogen and oxygen atoms in total. The predicted molar refractivity (Wildman–Crippen MR) is 72.6 cm³/mol. The highest BCUT2D eigenvalue weighted by molar-refractivity contribution is 7.18. The van der Waals surface area contributed by atoms with Crippen LogP contribution >= 0.6 is 11.3 Å². The number of esters is 1. The summed E-state index contributed by atoms with van der Waals surface area (Å²) in [6, 6.07) is 5.35. The molecule has 2 aromatic rings. The smallest absolute Gasteiger partial charge is 0.379 e. The summed E-state index contributed by atoms with van der Waals surface area (Å²) in [4.78, 5) is 28.1. The number of hydrogen-bond donors (Lipinski definition) is 0. The second-order valence-electron chi connectivity index (χ2n) is 4.53. The van der Waals surface area contributed by atoms with Crippen molar-refractivity contribution in [1.29, 1.82) is 0 Å². The number of hydrogen-bond acceptors (Lipinski definition) is 5. The van der Waals surface area contributed by atoms with Gasteiger partial charge in [-0.05, 0) is 31.9 Å². The van der Waals surface area contributed by atoms with Gasteiger partial charge in [0.15, 0.2) is 0 Å². The molecule has 3 rings (SSSR count). The van der Waals surface area contributed by atoms with Gasteiger partial charge in [-0.3, -0.25) is 4.79 Å². The minimum Gasteiger partial charge on any atom is -0.460 e. The average molecular weight is 275 g/mol. The Bertz CT molecular complexity index is 658. The Morgan fingerprint density at radius 2 is 2.21 bits per heavy atom. The van der Waals surface area contributed by atoms with E-state index in [4.69, 9.17) is 4.74 Å². The number of carbonyl (C=O) groups is 2. The first-order chi connectivity index (χ1) is 9.20. The highest BCUT2D eigenvalue weighted by Crippen LogP contribution is 2.43. The lowest BCUT2D eigenvalue weighted by Gasteiger charge is -2.01. The van der Waals surface area contributed by atoms with Crippen LogP contribution in [0.4, 0.5) is 0 Å². The third kappa shape index (κ3) is 2.26. The van der Waals surface area contributed by atoms with Gasteiger partial charge >= 0.3 is 5.97 Å². The van der Waals surface area contributed by atoms with Crippen molar-refractivity contribution in [2.45, 2.75) is 25.7 Å². The third-order valence-electron chi connectivity index (χ3n) is 3.07. The quantitative estimate of drug-likeness (QED) is 0.489. The van der Waals surface area contributed by atoms with Crippen LogP contribution < -0.4 is 0 Å². The summed E-state index contributed by atoms with van der Waals surface area (Å²) in [5.41, 5.74) is 0.978. The van der Waals surface area contributed by atoms with Crippen molar-refractivity contribution in [2.75, 3.05) is 6.61 Å². The molecule has 0 N–H and O–H groups in total. The zero-order valence-corrected chi connectivity index (χ0v) is 11.3. The van der Waals surface area contributed by atoms with Crippen molar-refractivity contribution < 1.29 is 14.3 Å². The molecule has 0 saturated heterocycles. The summed E-state index contributed by atoms with van der Waals surface area (Å²) in [7, 11) is 0. The largest absolute Gasteiger partial charge is 0.460 e. The molecule has 1 heterocycles. The van der Waals surface area contributed by atoms with Crippen LogP contribution in [0.25, 0.3) is 10.2 Å². The zero-order chi connectivity index (χ0) is 13.4. The molecule has 0 atom stereocenters. The van der Waals surface area contributed by atoms with Gasteiger partial charge in [0.1, 0.15) is 0 Å². The molecule has 1 aromatic heterocycles. The van der Waals surface area contributed by atoms with E-state index in [1.807, 2.05) is 6.07 Å². The minimum absolute atomic E-state index is 0.199. The second kappa shape index (κ2) is 4.74. The monoisotopic (exact) mass is 275 g/mol. The van der Waals surface area contributed by atoms with E-state index in [1.165, 1.54) is 12.8 Å². The molecule has 19 heavy (non-hydrogen) atoms. The first-order valence-electron chi connectivity index (χ1n) is 6.31. The average Bonchev–Trinajstić information content (AvgIpc) is 3.17. The van der Waals surface area contributed by atoms with E-state index in [-0.39, 0.29) is 6.61 Å². The second-order valence-corrected chi connectivity index (χ2v) is 5.59. The fourth-order valence-electron chi connectivity index (χ4n) is 1.96. The molecular formula is C14H13NO3S. The van der Waals surface area contributed by atoms with E-state index in [1.54, 1.807) is 30.4 Å². The summed E-state index contributed by atoms with van der Waals surface area (Å²) >= 11 is 1.61. The fraction of sp³-hybridized carbons (Fsp3) is 0.357. The molecule has 0 spiro atoms. The number of carbonyl (C=O) groups excluding carboxylic acids is 2. The SMILES string of the molecule is CCOC(=O)C(=O)c1cccc2sc(C3CC3)nc12. The first-order valence-corrected chi connectivity index (χ1v) is 7.13. The zero-order valence-electron chi connectivity index (χ0n) is 10.5. The Labute approximate surface area is 114 Å². The fourth-order valence-corrected chi connectivity index (χ4v) is 3.12. The van der Waals surface area contributed by atoms with Crippen LogP contribution in [0.1, 0.15) is 41.0 Å². The Morgan fingerprint density at radius 1 is 1.42 bits per heavy atom. The van der Waals surface area contributed by atoms with Crippen molar-refractivity contribution in [2.24, 2.45) is 0 Å². The van der Waals surface area contributed by atoms with E-state index < -0.39 is 11.8 Å². The number of rotatable bonds is 4. The van der Waals surface area contributed by atoms with Crippen LogP contribution in [-0.2, 0) is 9.53 Å². The van der Waals surface area contributed by atoms with Gasteiger partial charge in [-0.15, -0.1) is 11.3 Å². The number of ether oxygens (including phenoxy) is 1. The number of benzene rings is 1. The Morgan fingerprint density at radius 3 is 2.89 bits per heavy atom. The minimum atomic E-state index is -0.809. The van der Waals surface area contributed by atoms with E-state index in [9.17, 15) is 9.59 Å². The number of para-hydroxylation sites is 1. The molecule has 98 valence electrons. The van der Waals surface area contributed by atoms with Gasteiger partial charge in [-0.1, -0.05) is 6.07 Å². The van der Waals surface area contributed by atoms with Gasteiger partial charge in [0.2, 0.25) is 0 Å². The van der Waals surface area contributed by atoms with Gasteiger partial charge in [0.25, 0.3) is 5.78 Å². The van der Waals surface area contributed by atoms with Crippen LogP contribution in [0, 0.1) is 0 Å². The van der Waals surface area contributed by atoms with Crippen molar-refractivity contribution in [1.82, 2.24) is 4.98 Å². The van der Waals surface area contributed by atoms with Gasteiger partial charge < -0.3 is 4.74 Å². The highest BCUT2D eigenvalue weighted by atomic mass is 32.1. The summed E-state index contributed by atoms with van der Waals surface area (Å²) in [6.07, 6.45) is 2.34. The molecule has 1 fully saturated rings. The van der Waals surface area contributed by atoms with Gasteiger partial charge in [-0.25, -0.2) is 9.78 Å². The molecule has 0 amide bonds. The number of Topliss-reactive ketones (excluding diaryl/α,β-unsaturated/α-hetero) is 1. The molecule has 0 bridgehead atoms. The number of aromatic nitrogens is 1.